The lowest BCUT2D eigenvalue weighted by molar-refractivity contribution is -0.142. The second-order valence-corrected chi connectivity index (χ2v) is 7.73. The minimum Gasteiger partial charge on any atom is -0.355 e. The zero-order chi connectivity index (χ0) is 20.8. The molecule has 29 heavy (non-hydrogen) atoms. The molecule has 1 aromatic heterocycles. The third-order valence-corrected chi connectivity index (χ3v) is 5.62. The maximum absolute atomic E-state index is 12.4. The topological polar surface area (TPSA) is 79.4 Å². The van der Waals surface area contributed by atoms with Gasteiger partial charge in [0.15, 0.2) is 0 Å². The second kappa shape index (κ2) is 9.85. The monoisotopic (exact) mass is 433 g/mol. The summed E-state index contributed by atoms with van der Waals surface area (Å²) in [7, 11) is 0. The SMILES string of the molecule is O=C(NCCCc1ccc(Cl)c(Cl)c1)C1CN(CCc2ccncc2)C(=O)C1=O. The first-order chi connectivity index (χ1) is 14.0. The molecule has 2 aromatic rings. The zero-order valence-electron chi connectivity index (χ0n) is 15.7. The van der Waals surface area contributed by atoms with Crippen LogP contribution in [0.5, 0.6) is 0 Å². The number of benzene rings is 1. The molecule has 1 aliphatic rings. The van der Waals surface area contributed by atoms with Crippen molar-refractivity contribution < 1.29 is 14.4 Å². The molecule has 8 heteroatoms. The van der Waals surface area contributed by atoms with Crippen LogP contribution in [-0.4, -0.2) is 47.1 Å². The van der Waals surface area contributed by atoms with Gasteiger partial charge in [0.2, 0.25) is 11.7 Å². The van der Waals surface area contributed by atoms with Gasteiger partial charge >= 0.3 is 0 Å². The Morgan fingerprint density at radius 3 is 2.55 bits per heavy atom. The lowest BCUT2D eigenvalue weighted by atomic mass is 10.1. The Bertz CT molecular complexity index is 905. The van der Waals surface area contributed by atoms with Crippen molar-refractivity contribution >= 4 is 40.8 Å². The highest BCUT2D eigenvalue weighted by Crippen LogP contribution is 2.23. The molecular weight excluding hydrogens is 413 g/mol. The number of carbonyl (C=O) groups excluding carboxylic acids is 3. The Labute approximate surface area is 179 Å². The molecule has 2 heterocycles. The number of ketones is 1. The Balaban J connectivity index is 1.44. The number of likely N-dealkylation sites (tertiary alicyclic amines) is 1. The van der Waals surface area contributed by atoms with E-state index in [-0.39, 0.29) is 6.54 Å². The highest BCUT2D eigenvalue weighted by Gasteiger charge is 2.42. The summed E-state index contributed by atoms with van der Waals surface area (Å²) in [6.45, 7) is 0.936. The first kappa shape index (κ1) is 21.3. The summed E-state index contributed by atoms with van der Waals surface area (Å²) in [5.74, 6) is -2.56. The number of carbonyl (C=O) groups is 3. The lowest BCUT2D eigenvalue weighted by Crippen LogP contribution is -2.36. The van der Waals surface area contributed by atoms with Gasteiger partial charge in [0.05, 0.1) is 10.0 Å². The van der Waals surface area contributed by atoms with E-state index in [0.717, 1.165) is 11.1 Å². The summed E-state index contributed by atoms with van der Waals surface area (Å²) in [6.07, 6.45) is 5.37. The van der Waals surface area contributed by atoms with Gasteiger partial charge in [-0.25, -0.2) is 0 Å². The van der Waals surface area contributed by atoms with Crippen LogP contribution in [0.25, 0.3) is 0 Å². The average molecular weight is 434 g/mol. The minimum atomic E-state index is -0.940. The van der Waals surface area contributed by atoms with Gasteiger partial charge in [-0.05, 0) is 54.7 Å². The number of nitrogens with zero attached hydrogens (tertiary/aromatic N) is 2. The Morgan fingerprint density at radius 1 is 1.07 bits per heavy atom. The van der Waals surface area contributed by atoms with E-state index >= 15 is 0 Å². The molecule has 2 amide bonds. The predicted molar refractivity (Wildman–Crippen MR) is 111 cm³/mol. The molecule has 1 N–H and O–H groups in total. The summed E-state index contributed by atoms with van der Waals surface area (Å²) < 4.78 is 0. The third kappa shape index (κ3) is 5.55. The quantitative estimate of drug-likeness (QED) is 0.394. The minimum absolute atomic E-state index is 0.126. The van der Waals surface area contributed by atoms with E-state index in [0.29, 0.717) is 42.4 Å². The molecule has 0 spiro atoms. The Kier molecular flexibility index (Phi) is 7.23. The van der Waals surface area contributed by atoms with Crippen molar-refractivity contribution in [3.63, 3.8) is 0 Å². The van der Waals surface area contributed by atoms with Crippen molar-refractivity contribution in [3.8, 4) is 0 Å². The first-order valence-corrected chi connectivity index (χ1v) is 10.1. The maximum atomic E-state index is 12.4. The number of amides is 2. The maximum Gasteiger partial charge on any atom is 0.290 e. The number of hydrogen-bond acceptors (Lipinski definition) is 4. The summed E-state index contributed by atoms with van der Waals surface area (Å²) in [6, 6.07) is 9.14. The van der Waals surface area contributed by atoms with Crippen molar-refractivity contribution in [2.45, 2.75) is 19.3 Å². The normalized spacial score (nSPS) is 16.3. The molecule has 1 atom stereocenters. The van der Waals surface area contributed by atoms with Crippen molar-refractivity contribution in [2.75, 3.05) is 19.6 Å². The molecule has 0 saturated carbocycles. The van der Waals surface area contributed by atoms with Gasteiger partial charge < -0.3 is 10.2 Å². The van der Waals surface area contributed by atoms with Gasteiger partial charge in [0.25, 0.3) is 5.91 Å². The van der Waals surface area contributed by atoms with Crippen LogP contribution in [0.1, 0.15) is 17.5 Å². The molecule has 0 aliphatic carbocycles. The Hall–Kier alpha value is -2.44. The van der Waals surface area contributed by atoms with Crippen LogP contribution < -0.4 is 5.32 Å². The highest BCUT2D eigenvalue weighted by atomic mass is 35.5. The summed E-state index contributed by atoms with van der Waals surface area (Å²) in [5.41, 5.74) is 2.04. The van der Waals surface area contributed by atoms with E-state index in [1.54, 1.807) is 24.5 Å². The predicted octanol–water partition coefficient (Wildman–Crippen LogP) is 2.71. The summed E-state index contributed by atoms with van der Waals surface area (Å²) >= 11 is 11.9. The van der Waals surface area contributed by atoms with Gasteiger partial charge in [-0.15, -0.1) is 0 Å². The molecule has 3 rings (SSSR count). The van der Waals surface area contributed by atoms with Crippen LogP contribution in [0.2, 0.25) is 10.0 Å². The second-order valence-electron chi connectivity index (χ2n) is 6.92. The van der Waals surface area contributed by atoms with Gasteiger partial charge in [-0.3, -0.25) is 19.4 Å². The van der Waals surface area contributed by atoms with Gasteiger partial charge in [0.1, 0.15) is 5.92 Å². The van der Waals surface area contributed by atoms with E-state index in [9.17, 15) is 14.4 Å². The molecule has 152 valence electrons. The molecular formula is C21H21Cl2N3O3. The van der Waals surface area contributed by atoms with Crippen molar-refractivity contribution in [2.24, 2.45) is 5.92 Å². The van der Waals surface area contributed by atoms with E-state index in [1.807, 2.05) is 18.2 Å². The van der Waals surface area contributed by atoms with E-state index in [2.05, 4.69) is 10.3 Å². The number of aryl methyl sites for hydroxylation is 1. The molecule has 1 unspecified atom stereocenters. The fourth-order valence-electron chi connectivity index (χ4n) is 3.22. The standard InChI is InChI=1S/C21H21Cl2N3O3/c22-17-4-3-15(12-18(17)23)2-1-8-25-20(28)16-13-26(21(29)19(16)27)11-7-14-5-9-24-10-6-14/h3-6,9-10,12,16H,1-2,7-8,11,13H2,(H,25,28). The average Bonchev–Trinajstić information content (AvgIpc) is 3.01. The molecule has 1 aromatic carbocycles. The number of halogens is 2. The molecule has 0 radical (unpaired) electrons. The van der Waals surface area contributed by atoms with Gasteiger partial charge in [0, 0.05) is 32.0 Å². The number of rotatable bonds is 8. The van der Waals surface area contributed by atoms with E-state index in [4.69, 9.17) is 23.2 Å². The van der Waals surface area contributed by atoms with Crippen LogP contribution >= 0.6 is 23.2 Å². The molecule has 1 aliphatic heterocycles. The van der Waals surface area contributed by atoms with E-state index in [1.165, 1.54) is 4.90 Å². The van der Waals surface area contributed by atoms with Gasteiger partial charge in [-0.2, -0.15) is 0 Å². The highest BCUT2D eigenvalue weighted by molar-refractivity contribution is 6.42. The van der Waals surface area contributed by atoms with Crippen LogP contribution in [0.15, 0.2) is 42.7 Å². The summed E-state index contributed by atoms with van der Waals surface area (Å²) in [5, 5.41) is 3.76. The van der Waals surface area contributed by atoms with Crippen molar-refractivity contribution in [1.29, 1.82) is 0 Å². The number of nitrogens with one attached hydrogen (secondary N) is 1. The largest absolute Gasteiger partial charge is 0.355 e. The number of Topliss-reactive ketones (excluding diaryl/α,β-unsaturated/α-hetero) is 1. The number of pyridine rings is 1. The third-order valence-electron chi connectivity index (χ3n) is 4.88. The number of aromatic nitrogens is 1. The molecule has 0 bridgehead atoms. The lowest BCUT2D eigenvalue weighted by Gasteiger charge is -2.15. The smallest absolute Gasteiger partial charge is 0.290 e. The van der Waals surface area contributed by atoms with Crippen LogP contribution in [0, 0.1) is 5.92 Å². The van der Waals surface area contributed by atoms with Crippen LogP contribution in [0.4, 0.5) is 0 Å². The van der Waals surface area contributed by atoms with Crippen LogP contribution in [-0.2, 0) is 27.2 Å². The molecule has 6 nitrogen and oxygen atoms in total. The molecule has 1 fully saturated rings. The van der Waals surface area contributed by atoms with Crippen LogP contribution in [0.3, 0.4) is 0 Å². The van der Waals surface area contributed by atoms with Crippen molar-refractivity contribution in [3.05, 3.63) is 63.9 Å². The fraction of sp³-hybridized carbons (Fsp3) is 0.333. The first-order valence-electron chi connectivity index (χ1n) is 9.39. The van der Waals surface area contributed by atoms with Gasteiger partial charge in [-0.1, -0.05) is 29.3 Å². The molecule has 1 saturated heterocycles. The summed E-state index contributed by atoms with van der Waals surface area (Å²) in [4.78, 5) is 42.2. The zero-order valence-corrected chi connectivity index (χ0v) is 17.2. The fourth-order valence-corrected chi connectivity index (χ4v) is 3.54. The van der Waals surface area contributed by atoms with E-state index < -0.39 is 23.5 Å². The Morgan fingerprint density at radius 2 is 1.83 bits per heavy atom. The van der Waals surface area contributed by atoms with Crippen molar-refractivity contribution in [1.82, 2.24) is 15.2 Å². The number of hydrogen-bond donors (Lipinski definition) is 1.